The molecule has 0 amide bonds. The number of imidazole rings is 1. The highest BCUT2D eigenvalue weighted by atomic mass is 15.6. The van der Waals surface area contributed by atoms with Crippen molar-refractivity contribution in [2.45, 2.75) is 0 Å². The minimum atomic E-state index is 0.607. The van der Waals surface area contributed by atoms with Gasteiger partial charge >= 0.3 is 0 Å². The lowest BCUT2D eigenvalue weighted by molar-refractivity contribution is 0.762. The molecule has 0 aliphatic rings. The Morgan fingerprint density at radius 1 is 0.900 bits per heavy atom. The molecule has 0 aliphatic heterocycles. The zero-order valence-electron chi connectivity index (χ0n) is 10.4. The molecule has 0 atom stereocenters. The summed E-state index contributed by atoms with van der Waals surface area (Å²) in [5.74, 6) is 1.26. The van der Waals surface area contributed by atoms with Crippen molar-refractivity contribution in [1.29, 1.82) is 0 Å². The van der Waals surface area contributed by atoms with E-state index in [1.165, 1.54) is 0 Å². The van der Waals surface area contributed by atoms with Crippen molar-refractivity contribution in [2.24, 2.45) is 0 Å². The molecule has 0 radical (unpaired) electrons. The van der Waals surface area contributed by atoms with E-state index in [4.69, 9.17) is 0 Å². The average Bonchev–Trinajstić information content (AvgIpc) is 3.14. The Hall–Kier alpha value is -3.02. The van der Waals surface area contributed by atoms with Gasteiger partial charge in [0.05, 0.1) is 11.0 Å². The number of tetrazole rings is 1. The molecule has 4 rings (SSSR count). The van der Waals surface area contributed by atoms with Crippen LogP contribution in [0.3, 0.4) is 0 Å². The smallest absolute Gasteiger partial charge is 0.232 e. The molecule has 20 heavy (non-hydrogen) atoms. The van der Waals surface area contributed by atoms with Gasteiger partial charge in [0.15, 0.2) is 5.82 Å². The van der Waals surface area contributed by atoms with Crippen LogP contribution in [0.15, 0.2) is 54.6 Å². The second kappa shape index (κ2) is 4.27. The lowest BCUT2D eigenvalue weighted by Crippen LogP contribution is -2.01. The van der Waals surface area contributed by atoms with Crippen LogP contribution >= 0.6 is 0 Å². The summed E-state index contributed by atoms with van der Waals surface area (Å²) in [6.07, 6.45) is 0. The minimum Gasteiger partial charge on any atom is -0.322 e. The molecule has 0 saturated heterocycles. The topological polar surface area (TPSA) is 72.3 Å². The van der Waals surface area contributed by atoms with Crippen LogP contribution in [0.1, 0.15) is 0 Å². The van der Waals surface area contributed by atoms with Crippen LogP contribution in [0, 0.1) is 0 Å². The van der Waals surface area contributed by atoms with Crippen molar-refractivity contribution >= 4 is 11.0 Å². The van der Waals surface area contributed by atoms with Crippen LogP contribution in [-0.4, -0.2) is 30.2 Å². The summed E-state index contributed by atoms with van der Waals surface area (Å²) in [5, 5.41) is 11.8. The Balaban J connectivity index is 1.89. The fraction of sp³-hybridized carbons (Fsp3) is 0. The van der Waals surface area contributed by atoms with Crippen molar-refractivity contribution in [1.82, 2.24) is 30.2 Å². The second-order valence-corrected chi connectivity index (χ2v) is 4.36. The first-order valence-electron chi connectivity index (χ1n) is 6.21. The predicted molar refractivity (Wildman–Crippen MR) is 74.2 cm³/mol. The van der Waals surface area contributed by atoms with E-state index < -0.39 is 0 Å². The highest BCUT2D eigenvalue weighted by Gasteiger charge is 2.13. The molecule has 0 unspecified atom stereocenters. The van der Waals surface area contributed by atoms with Gasteiger partial charge in [0.1, 0.15) is 0 Å². The van der Waals surface area contributed by atoms with Gasteiger partial charge in [0.25, 0.3) is 0 Å². The molecular weight excluding hydrogens is 252 g/mol. The van der Waals surface area contributed by atoms with Gasteiger partial charge in [-0.2, -0.15) is 4.68 Å². The zero-order chi connectivity index (χ0) is 13.4. The lowest BCUT2D eigenvalue weighted by Gasteiger charge is -2.00. The molecule has 1 N–H and O–H groups in total. The third kappa shape index (κ3) is 1.66. The van der Waals surface area contributed by atoms with Crippen LogP contribution in [0.5, 0.6) is 0 Å². The van der Waals surface area contributed by atoms with E-state index in [9.17, 15) is 0 Å². The van der Waals surface area contributed by atoms with Gasteiger partial charge in [-0.15, -0.1) is 5.10 Å². The molecule has 4 aromatic rings. The van der Waals surface area contributed by atoms with Gasteiger partial charge in [-0.05, 0) is 22.6 Å². The van der Waals surface area contributed by atoms with Crippen LogP contribution in [0.2, 0.25) is 0 Å². The van der Waals surface area contributed by atoms with Crippen LogP contribution < -0.4 is 0 Å². The number of H-pyrrole nitrogens is 1. The summed E-state index contributed by atoms with van der Waals surface area (Å²) in [7, 11) is 0. The first-order valence-corrected chi connectivity index (χ1v) is 6.21. The number of aromatic amines is 1. The maximum Gasteiger partial charge on any atom is 0.232 e. The van der Waals surface area contributed by atoms with E-state index in [0.29, 0.717) is 11.8 Å². The van der Waals surface area contributed by atoms with Crippen molar-refractivity contribution < 1.29 is 0 Å². The number of hydrogen-bond acceptors (Lipinski definition) is 4. The van der Waals surface area contributed by atoms with Crippen molar-refractivity contribution in [2.75, 3.05) is 0 Å². The first-order chi connectivity index (χ1) is 9.92. The number of benzene rings is 2. The number of nitrogens with zero attached hydrogens (tertiary/aromatic N) is 5. The molecular formula is C14H10N6. The normalized spacial score (nSPS) is 11.0. The Bertz CT molecular complexity index is 828. The Kier molecular flexibility index (Phi) is 2.32. The van der Waals surface area contributed by atoms with Crippen LogP contribution in [-0.2, 0) is 0 Å². The van der Waals surface area contributed by atoms with Crippen molar-refractivity contribution in [3.63, 3.8) is 0 Å². The molecule has 2 heterocycles. The van der Waals surface area contributed by atoms with Crippen LogP contribution in [0.25, 0.3) is 28.4 Å². The van der Waals surface area contributed by atoms with Gasteiger partial charge in [-0.3, -0.25) is 0 Å². The minimum absolute atomic E-state index is 0.607. The lowest BCUT2D eigenvalue weighted by atomic mass is 10.2. The summed E-state index contributed by atoms with van der Waals surface area (Å²) in [4.78, 5) is 7.72. The number of hydrogen-bond donors (Lipinski definition) is 1. The molecule has 2 aromatic heterocycles. The van der Waals surface area contributed by atoms with Crippen molar-refractivity contribution in [3.8, 4) is 17.3 Å². The third-order valence-electron chi connectivity index (χ3n) is 3.08. The molecule has 0 bridgehead atoms. The average molecular weight is 262 g/mol. The van der Waals surface area contributed by atoms with E-state index in [0.717, 1.165) is 16.6 Å². The van der Waals surface area contributed by atoms with Crippen LogP contribution in [0.4, 0.5) is 0 Å². The predicted octanol–water partition coefficient (Wildman–Crippen LogP) is 2.21. The zero-order valence-corrected chi connectivity index (χ0v) is 10.4. The fourth-order valence-corrected chi connectivity index (χ4v) is 2.14. The van der Waals surface area contributed by atoms with Gasteiger partial charge in [-0.25, -0.2) is 4.98 Å². The molecule has 0 spiro atoms. The molecule has 0 aliphatic carbocycles. The molecule has 2 aromatic carbocycles. The van der Waals surface area contributed by atoms with E-state index in [1.54, 1.807) is 4.68 Å². The maximum absolute atomic E-state index is 4.51. The summed E-state index contributed by atoms with van der Waals surface area (Å²) in [6.45, 7) is 0. The van der Waals surface area contributed by atoms with Gasteiger partial charge < -0.3 is 4.98 Å². The maximum atomic E-state index is 4.51. The number of fused-ring (bicyclic) bond motifs is 1. The fourth-order valence-electron chi connectivity index (χ4n) is 2.14. The number of para-hydroxylation sites is 2. The third-order valence-corrected chi connectivity index (χ3v) is 3.08. The Labute approximate surface area is 114 Å². The first kappa shape index (κ1) is 10.9. The molecule has 96 valence electrons. The van der Waals surface area contributed by atoms with E-state index >= 15 is 0 Å². The molecule has 0 saturated carbocycles. The van der Waals surface area contributed by atoms with E-state index in [1.807, 2.05) is 54.6 Å². The summed E-state index contributed by atoms with van der Waals surface area (Å²) >= 11 is 0. The van der Waals surface area contributed by atoms with E-state index in [-0.39, 0.29) is 0 Å². The standard InChI is InChI=1S/C14H10N6/c1-2-6-10(7-3-1)13-17-18-19-20(13)14-15-11-8-4-5-9-12(11)16-14/h1-9H,(H,15,16). The number of aromatic nitrogens is 6. The quantitative estimate of drug-likeness (QED) is 0.601. The Morgan fingerprint density at radius 2 is 1.70 bits per heavy atom. The second-order valence-electron chi connectivity index (χ2n) is 4.36. The summed E-state index contributed by atoms with van der Waals surface area (Å²) in [6, 6.07) is 17.6. The number of rotatable bonds is 2. The van der Waals surface area contributed by atoms with Gasteiger partial charge in [0, 0.05) is 5.56 Å². The van der Waals surface area contributed by atoms with E-state index in [2.05, 4.69) is 25.5 Å². The molecule has 0 fully saturated rings. The molecule has 6 nitrogen and oxygen atoms in total. The van der Waals surface area contributed by atoms with Gasteiger partial charge in [0.2, 0.25) is 5.95 Å². The Morgan fingerprint density at radius 3 is 2.55 bits per heavy atom. The summed E-state index contributed by atoms with van der Waals surface area (Å²) in [5.41, 5.74) is 2.78. The highest BCUT2D eigenvalue weighted by Crippen LogP contribution is 2.19. The number of nitrogens with one attached hydrogen (secondary N) is 1. The monoisotopic (exact) mass is 262 g/mol. The largest absolute Gasteiger partial charge is 0.322 e. The molecule has 6 heteroatoms. The SMILES string of the molecule is c1ccc(-c2nnnn2-c2nc3ccccc3[nH]2)cc1. The highest BCUT2D eigenvalue weighted by molar-refractivity contribution is 5.76. The summed E-state index contributed by atoms with van der Waals surface area (Å²) < 4.78 is 1.61. The van der Waals surface area contributed by atoms with Crippen molar-refractivity contribution in [3.05, 3.63) is 54.6 Å². The van der Waals surface area contributed by atoms with Gasteiger partial charge in [-0.1, -0.05) is 42.5 Å².